The molecule has 2 aromatic carbocycles. The molecule has 1 heterocycles. The van der Waals surface area contributed by atoms with E-state index in [1.807, 2.05) is 0 Å². The Kier molecular flexibility index (Phi) is 6.82. The van der Waals surface area contributed by atoms with Gasteiger partial charge < -0.3 is 49.2 Å². The average molecular weight is 506 g/mol. The lowest BCUT2D eigenvalue weighted by Gasteiger charge is -2.39. The van der Waals surface area contributed by atoms with Gasteiger partial charge in [-0.3, -0.25) is 9.59 Å². The number of ketones is 2. The predicted molar refractivity (Wildman–Crippen MR) is 120 cm³/mol. The molecule has 0 spiro atoms. The van der Waals surface area contributed by atoms with Crippen molar-refractivity contribution in [3.63, 3.8) is 0 Å². The number of hydrogen-bond acceptors (Lipinski definition) is 12. The van der Waals surface area contributed by atoms with Crippen LogP contribution in [0.3, 0.4) is 0 Å². The Hall–Kier alpha value is -3.42. The number of methoxy groups -OCH3 is 3. The number of carbonyl (C=O) groups is 2. The second kappa shape index (κ2) is 9.56. The Morgan fingerprint density at radius 3 is 2.06 bits per heavy atom. The molecule has 1 fully saturated rings. The van der Waals surface area contributed by atoms with E-state index in [9.17, 15) is 35.1 Å². The summed E-state index contributed by atoms with van der Waals surface area (Å²) in [5, 5.41) is 50.8. The minimum Gasteiger partial charge on any atom is -0.504 e. The summed E-state index contributed by atoms with van der Waals surface area (Å²) in [6.45, 7) is 0.802. The van der Waals surface area contributed by atoms with Gasteiger partial charge in [0, 0.05) is 11.1 Å². The molecular weight excluding hydrogens is 480 g/mol. The molecule has 1 saturated heterocycles. The molecule has 1 aliphatic heterocycles. The van der Waals surface area contributed by atoms with Crippen molar-refractivity contribution in [1.82, 2.24) is 0 Å². The molecule has 2 aromatic rings. The molecule has 12 nitrogen and oxygen atoms in total. The fourth-order valence-electron chi connectivity index (χ4n) is 4.45. The zero-order valence-corrected chi connectivity index (χ0v) is 19.8. The second-order valence-corrected chi connectivity index (χ2v) is 8.34. The molecule has 0 radical (unpaired) electrons. The first-order valence-corrected chi connectivity index (χ1v) is 10.9. The highest BCUT2D eigenvalue weighted by molar-refractivity contribution is 6.31. The summed E-state index contributed by atoms with van der Waals surface area (Å²) < 4.78 is 26.9. The SMILES string of the molecule is COc1cc2c(c(OC)c1OC)C(=O)c1c(cc(C)c(O[C@@H]3O[C@H](CO)[C@@H](O)[C@H](O)[C@H]3O)c1O)C2=O. The molecule has 0 saturated carbocycles. The molecule has 0 aromatic heterocycles. The topological polar surface area (TPSA) is 181 Å². The zero-order valence-electron chi connectivity index (χ0n) is 19.8. The number of aryl methyl sites for hydroxylation is 1. The Labute approximate surface area is 205 Å². The molecule has 36 heavy (non-hydrogen) atoms. The maximum Gasteiger partial charge on any atom is 0.229 e. The molecule has 2 aliphatic rings. The fraction of sp³-hybridized carbons (Fsp3) is 0.417. The van der Waals surface area contributed by atoms with Crippen molar-refractivity contribution in [2.24, 2.45) is 0 Å². The number of fused-ring (bicyclic) bond motifs is 2. The Balaban J connectivity index is 1.83. The smallest absolute Gasteiger partial charge is 0.229 e. The van der Waals surface area contributed by atoms with Crippen LogP contribution in [0.15, 0.2) is 12.1 Å². The highest BCUT2D eigenvalue weighted by Crippen LogP contribution is 2.48. The lowest BCUT2D eigenvalue weighted by Crippen LogP contribution is -2.60. The average Bonchev–Trinajstić information content (AvgIpc) is 2.87. The first kappa shape index (κ1) is 25.7. The molecule has 0 unspecified atom stereocenters. The van der Waals surface area contributed by atoms with Crippen LogP contribution in [0.5, 0.6) is 28.7 Å². The molecule has 4 rings (SSSR count). The quantitative estimate of drug-likeness (QED) is 0.294. The number of aliphatic hydroxyl groups excluding tert-OH is 4. The van der Waals surface area contributed by atoms with Gasteiger partial charge in [-0.15, -0.1) is 0 Å². The van der Waals surface area contributed by atoms with E-state index in [1.165, 1.54) is 40.4 Å². The van der Waals surface area contributed by atoms with Crippen LogP contribution in [0.4, 0.5) is 0 Å². The van der Waals surface area contributed by atoms with Crippen molar-refractivity contribution in [2.45, 2.75) is 37.6 Å². The van der Waals surface area contributed by atoms with Gasteiger partial charge in [-0.2, -0.15) is 0 Å². The van der Waals surface area contributed by atoms with Crippen LogP contribution in [0.1, 0.15) is 37.4 Å². The Bertz CT molecular complexity index is 1220. The van der Waals surface area contributed by atoms with Gasteiger partial charge in [0.25, 0.3) is 0 Å². The van der Waals surface area contributed by atoms with E-state index >= 15 is 0 Å². The van der Waals surface area contributed by atoms with Gasteiger partial charge in [-0.1, -0.05) is 0 Å². The summed E-state index contributed by atoms with van der Waals surface area (Å²) >= 11 is 0. The largest absolute Gasteiger partial charge is 0.504 e. The van der Waals surface area contributed by atoms with Crippen LogP contribution < -0.4 is 18.9 Å². The summed E-state index contributed by atoms with van der Waals surface area (Å²) in [4.78, 5) is 27.0. The van der Waals surface area contributed by atoms with E-state index in [-0.39, 0.29) is 50.8 Å². The standard InChI is InChI=1S/C24H26O12/c1-8-5-9-13(18(29)21(8)36-24-20(31)19(30)16(27)12(7-25)35-24)17(28)14-10(15(9)26)6-11(32-2)22(33-3)23(14)34-4/h5-6,12,16,19-20,24-25,27,29-31H,7H2,1-4H3/t12-,16-,19+,20-,24+/m1/s1. The van der Waals surface area contributed by atoms with Crippen molar-refractivity contribution >= 4 is 11.6 Å². The number of phenols is 1. The van der Waals surface area contributed by atoms with Crippen LogP contribution in [-0.4, -0.2) is 95.7 Å². The van der Waals surface area contributed by atoms with Crippen LogP contribution in [0.25, 0.3) is 0 Å². The maximum atomic E-state index is 13.6. The molecule has 0 amide bonds. The third kappa shape index (κ3) is 3.74. The number of carbonyl (C=O) groups excluding carboxylic acids is 2. The number of ether oxygens (including phenoxy) is 5. The summed E-state index contributed by atoms with van der Waals surface area (Å²) in [7, 11) is 3.99. The van der Waals surface area contributed by atoms with Gasteiger partial charge in [0.1, 0.15) is 24.4 Å². The van der Waals surface area contributed by atoms with Gasteiger partial charge >= 0.3 is 0 Å². The van der Waals surface area contributed by atoms with Crippen LogP contribution in [-0.2, 0) is 4.74 Å². The molecule has 0 bridgehead atoms. The van der Waals surface area contributed by atoms with E-state index in [1.54, 1.807) is 0 Å². The number of aromatic hydroxyl groups is 1. The number of aliphatic hydroxyl groups is 4. The Morgan fingerprint density at radius 1 is 0.833 bits per heavy atom. The van der Waals surface area contributed by atoms with E-state index < -0.39 is 54.6 Å². The highest BCUT2D eigenvalue weighted by atomic mass is 16.7. The van der Waals surface area contributed by atoms with Crippen LogP contribution >= 0.6 is 0 Å². The van der Waals surface area contributed by atoms with Gasteiger partial charge in [0.2, 0.25) is 17.8 Å². The highest BCUT2D eigenvalue weighted by Gasteiger charge is 2.46. The van der Waals surface area contributed by atoms with Gasteiger partial charge in [0.05, 0.1) is 39.1 Å². The van der Waals surface area contributed by atoms with Crippen molar-refractivity contribution in [1.29, 1.82) is 0 Å². The first-order valence-electron chi connectivity index (χ1n) is 10.9. The minimum absolute atomic E-state index is 0.0107. The number of benzene rings is 2. The molecule has 12 heteroatoms. The summed E-state index contributed by atoms with van der Waals surface area (Å²) in [6.07, 6.45) is -7.97. The third-order valence-corrected chi connectivity index (χ3v) is 6.30. The molecule has 5 N–H and O–H groups in total. The number of hydrogen-bond donors (Lipinski definition) is 5. The minimum atomic E-state index is -1.76. The fourth-order valence-corrected chi connectivity index (χ4v) is 4.45. The number of phenolic OH excluding ortho intramolecular Hbond substituents is 1. The van der Waals surface area contributed by atoms with Gasteiger partial charge in [-0.05, 0) is 24.6 Å². The van der Waals surface area contributed by atoms with Gasteiger partial charge in [-0.25, -0.2) is 0 Å². The zero-order chi connectivity index (χ0) is 26.5. The molecular formula is C24H26O12. The van der Waals surface area contributed by atoms with Crippen LogP contribution in [0, 0.1) is 6.92 Å². The Morgan fingerprint density at radius 2 is 1.47 bits per heavy atom. The maximum absolute atomic E-state index is 13.6. The predicted octanol–water partition coefficient (Wildman–Crippen LogP) is -0.319. The summed E-state index contributed by atoms with van der Waals surface area (Å²) in [5.41, 5.74) is -0.421. The lowest BCUT2D eigenvalue weighted by atomic mass is 9.81. The second-order valence-electron chi connectivity index (χ2n) is 8.34. The number of rotatable bonds is 6. The van der Waals surface area contributed by atoms with Crippen molar-refractivity contribution in [3.8, 4) is 28.7 Å². The van der Waals surface area contributed by atoms with E-state index in [2.05, 4.69) is 0 Å². The first-order chi connectivity index (χ1) is 17.1. The molecule has 194 valence electrons. The lowest BCUT2D eigenvalue weighted by molar-refractivity contribution is -0.277. The van der Waals surface area contributed by atoms with Crippen LogP contribution in [0.2, 0.25) is 0 Å². The van der Waals surface area contributed by atoms with Crippen molar-refractivity contribution < 1.29 is 58.8 Å². The van der Waals surface area contributed by atoms with Crippen molar-refractivity contribution in [2.75, 3.05) is 27.9 Å². The van der Waals surface area contributed by atoms with Gasteiger partial charge in [0.15, 0.2) is 28.8 Å². The summed E-state index contributed by atoms with van der Waals surface area (Å²) in [5.74, 6) is -2.17. The molecule has 5 atom stereocenters. The normalized spacial score (nSPS) is 25.2. The molecule has 1 aliphatic carbocycles. The monoisotopic (exact) mass is 506 g/mol. The summed E-state index contributed by atoms with van der Waals surface area (Å²) in [6, 6.07) is 2.69. The van der Waals surface area contributed by atoms with E-state index in [4.69, 9.17) is 23.7 Å². The van der Waals surface area contributed by atoms with E-state index in [0.29, 0.717) is 0 Å². The van der Waals surface area contributed by atoms with E-state index in [0.717, 1.165) is 0 Å². The third-order valence-electron chi connectivity index (χ3n) is 6.30. The van der Waals surface area contributed by atoms with Crippen molar-refractivity contribution in [3.05, 3.63) is 39.9 Å².